The van der Waals surface area contributed by atoms with Gasteiger partial charge >= 0.3 is 0 Å². The largest absolute Gasteiger partial charge is 0.310 e. The fourth-order valence-electron chi connectivity index (χ4n) is 2.48. The molecule has 0 unspecified atom stereocenters. The van der Waals surface area contributed by atoms with Crippen molar-refractivity contribution in [1.29, 1.82) is 0 Å². The zero-order valence-corrected chi connectivity index (χ0v) is 12.4. The lowest BCUT2D eigenvalue weighted by atomic mass is 10.1. The first-order valence-electron chi connectivity index (χ1n) is 7.12. The number of anilines is 3. The highest BCUT2D eigenvalue weighted by Crippen LogP contribution is 2.36. The quantitative estimate of drug-likeness (QED) is 0.583. The Hall–Kier alpha value is -2.75. The van der Waals surface area contributed by atoms with Gasteiger partial charge in [-0.25, -0.2) is 13.2 Å². The molecule has 4 heteroatoms. The van der Waals surface area contributed by atoms with E-state index in [0.29, 0.717) is 11.4 Å². The third-order valence-electron chi connectivity index (χ3n) is 3.57. The topological polar surface area (TPSA) is 3.24 Å². The van der Waals surface area contributed by atoms with Crippen LogP contribution in [0.1, 0.15) is 5.56 Å². The summed E-state index contributed by atoms with van der Waals surface area (Å²) in [6.07, 6.45) is 0. The van der Waals surface area contributed by atoms with Gasteiger partial charge in [0.2, 0.25) is 0 Å². The highest BCUT2D eigenvalue weighted by atomic mass is 19.1. The van der Waals surface area contributed by atoms with Crippen LogP contribution in [0.2, 0.25) is 0 Å². The molecule has 0 radical (unpaired) electrons. The Morgan fingerprint density at radius 2 is 1.04 bits per heavy atom. The molecule has 116 valence electrons. The molecular weight excluding hydrogens is 299 g/mol. The summed E-state index contributed by atoms with van der Waals surface area (Å²) in [5, 5.41) is 0. The van der Waals surface area contributed by atoms with Crippen LogP contribution in [0.5, 0.6) is 0 Å². The fourth-order valence-corrected chi connectivity index (χ4v) is 2.48. The lowest BCUT2D eigenvalue weighted by Gasteiger charge is -2.27. The summed E-state index contributed by atoms with van der Waals surface area (Å²) >= 11 is 0. The van der Waals surface area contributed by atoms with Crippen molar-refractivity contribution in [2.24, 2.45) is 0 Å². The molecule has 3 aromatic carbocycles. The molecule has 0 heterocycles. The normalized spacial score (nSPS) is 10.6. The van der Waals surface area contributed by atoms with E-state index in [4.69, 9.17) is 0 Å². The van der Waals surface area contributed by atoms with Gasteiger partial charge in [-0.3, -0.25) is 0 Å². The maximum Gasteiger partial charge on any atom is 0.123 e. The molecule has 0 aliphatic carbocycles. The smallest absolute Gasteiger partial charge is 0.123 e. The summed E-state index contributed by atoms with van der Waals surface area (Å²) in [4.78, 5) is 1.83. The molecule has 0 saturated carbocycles. The second kappa shape index (κ2) is 6.16. The van der Waals surface area contributed by atoms with Crippen molar-refractivity contribution in [1.82, 2.24) is 0 Å². The summed E-state index contributed by atoms with van der Waals surface area (Å²) in [5.74, 6) is -1.02. The second-order valence-electron chi connectivity index (χ2n) is 5.22. The van der Waals surface area contributed by atoms with Crippen LogP contribution in [0, 0.1) is 24.4 Å². The van der Waals surface area contributed by atoms with Crippen LogP contribution in [0.15, 0.2) is 66.7 Å². The van der Waals surface area contributed by atoms with Crippen molar-refractivity contribution in [2.75, 3.05) is 4.90 Å². The Labute approximate surface area is 132 Å². The first-order valence-corrected chi connectivity index (χ1v) is 7.12. The summed E-state index contributed by atoms with van der Waals surface area (Å²) in [5.41, 5.74) is 2.86. The molecule has 0 aromatic heterocycles. The van der Waals surface area contributed by atoms with Crippen LogP contribution in [-0.4, -0.2) is 0 Å². The maximum absolute atomic E-state index is 13.4. The van der Waals surface area contributed by atoms with Crippen LogP contribution in [0.4, 0.5) is 30.2 Å². The molecule has 3 aromatic rings. The first kappa shape index (κ1) is 15.2. The lowest BCUT2D eigenvalue weighted by molar-refractivity contribution is 0.626. The molecule has 0 spiro atoms. The van der Waals surface area contributed by atoms with Gasteiger partial charge in [0.15, 0.2) is 0 Å². The van der Waals surface area contributed by atoms with E-state index in [0.717, 1.165) is 11.3 Å². The third kappa shape index (κ3) is 3.21. The molecule has 0 N–H and O–H groups in total. The number of aryl methyl sites for hydroxylation is 1. The van der Waals surface area contributed by atoms with E-state index in [1.54, 1.807) is 37.3 Å². The van der Waals surface area contributed by atoms with Crippen molar-refractivity contribution in [3.8, 4) is 0 Å². The van der Waals surface area contributed by atoms with Gasteiger partial charge in [0, 0.05) is 17.1 Å². The van der Waals surface area contributed by atoms with Crippen LogP contribution in [-0.2, 0) is 0 Å². The van der Waals surface area contributed by atoms with Gasteiger partial charge in [-0.2, -0.15) is 0 Å². The SMILES string of the molecule is Cc1cc(F)ccc1N(c1ccc(F)cc1)c1ccc(F)cc1. The lowest BCUT2D eigenvalue weighted by Crippen LogP contribution is -2.11. The Balaban J connectivity index is 2.16. The van der Waals surface area contributed by atoms with Crippen molar-refractivity contribution in [3.05, 3.63) is 89.7 Å². The Bertz CT molecular complexity index is 766. The first-order chi connectivity index (χ1) is 11.0. The molecular formula is C19H14F3N. The van der Waals surface area contributed by atoms with E-state index in [1.165, 1.54) is 36.4 Å². The predicted molar refractivity (Wildman–Crippen MR) is 85.7 cm³/mol. The van der Waals surface area contributed by atoms with E-state index >= 15 is 0 Å². The van der Waals surface area contributed by atoms with Gasteiger partial charge in [0.1, 0.15) is 17.5 Å². The molecule has 0 fully saturated rings. The average Bonchev–Trinajstić information content (AvgIpc) is 2.53. The van der Waals surface area contributed by atoms with Gasteiger partial charge in [0.05, 0.1) is 0 Å². The van der Waals surface area contributed by atoms with Gasteiger partial charge < -0.3 is 4.90 Å². The fraction of sp³-hybridized carbons (Fsp3) is 0.0526. The van der Waals surface area contributed by atoms with Gasteiger partial charge in [0.25, 0.3) is 0 Å². The molecule has 0 bridgehead atoms. The summed E-state index contributed by atoms with van der Waals surface area (Å²) in [6.45, 7) is 1.79. The number of hydrogen-bond donors (Lipinski definition) is 0. The predicted octanol–water partition coefficient (Wildman–Crippen LogP) is 5.88. The zero-order chi connectivity index (χ0) is 16.4. The minimum atomic E-state index is -0.344. The Kier molecular flexibility index (Phi) is 4.06. The molecule has 0 atom stereocenters. The number of halogens is 3. The minimum Gasteiger partial charge on any atom is -0.310 e. The minimum absolute atomic E-state index is 0.329. The van der Waals surface area contributed by atoms with Gasteiger partial charge in [-0.05, 0) is 79.2 Å². The van der Waals surface area contributed by atoms with E-state index < -0.39 is 0 Å². The number of nitrogens with zero attached hydrogens (tertiary/aromatic N) is 1. The van der Waals surface area contributed by atoms with Crippen LogP contribution in [0.3, 0.4) is 0 Å². The zero-order valence-electron chi connectivity index (χ0n) is 12.4. The standard InChI is InChI=1S/C19H14F3N/c1-13-12-16(22)6-11-19(13)23(17-7-2-14(20)3-8-17)18-9-4-15(21)5-10-18/h2-12H,1H3. The number of hydrogen-bond acceptors (Lipinski definition) is 1. The summed E-state index contributed by atoms with van der Waals surface area (Å²) in [6, 6.07) is 16.4. The van der Waals surface area contributed by atoms with Gasteiger partial charge in [-0.1, -0.05) is 0 Å². The monoisotopic (exact) mass is 313 g/mol. The van der Waals surface area contributed by atoms with E-state index in [-0.39, 0.29) is 17.5 Å². The Morgan fingerprint density at radius 3 is 1.48 bits per heavy atom. The number of benzene rings is 3. The highest BCUT2D eigenvalue weighted by Gasteiger charge is 2.15. The summed E-state index contributed by atoms with van der Waals surface area (Å²) < 4.78 is 39.8. The van der Waals surface area contributed by atoms with E-state index in [1.807, 2.05) is 4.90 Å². The average molecular weight is 313 g/mol. The Morgan fingerprint density at radius 1 is 0.609 bits per heavy atom. The maximum atomic E-state index is 13.4. The molecule has 0 amide bonds. The van der Waals surface area contributed by atoms with Crippen molar-refractivity contribution in [3.63, 3.8) is 0 Å². The van der Waals surface area contributed by atoms with Crippen molar-refractivity contribution in [2.45, 2.75) is 6.92 Å². The van der Waals surface area contributed by atoms with Gasteiger partial charge in [-0.15, -0.1) is 0 Å². The third-order valence-corrected chi connectivity index (χ3v) is 3.57. The second-order valence-corrected chi connectivity index (χ2v) is 5.22. The molecule has 0 saturated heterocycles. The van der Waals surface area contributed by atoms with Crippen molar-refractivity contribution < 1.29 is 13.2 Å². The van der Waals surface area contributed by atoms with E-state index in [9.17, 15) is 13.2 Å². The number of rotatable bonds is 3. The molecule has 0 aliphatic heterocycles. The van der Waals surface area contributed by atoms with Crippen LogP contribution in [0.25, 0.3) is 0 Å². The molecule has 3 rings (SSSR count). The molecule has 1 nitrogen and oxygen atoms in total. The highest BCUT2D eigenvalue weighted by molar-refractivity contribution is 5.78. The van der Waals surface area contributed by atoms with Crippen LogP contribution < -0.4 is 4.90 Å². The van der Waals surface area contributed by atoms with E-state index in [2.05, 4.69) is 0 Å². The molecule has 0 aliphatic rings. The van der Waals surface area contributed by atoms with Crippen molar-refractivity contribution >= 4 is 17.1 Å². The molecule has 23 heavy (non-hydrogen) atoms. The van der Waals surface area contributed by atoms with Crippen LogP contribution >= 0.6 is 0 Å². The summed E-state index contributed by atoms with van der Waals surface area (Å²) in [7, 11) is 0.